The van der Waals surface area contributed by atoms with E-state index in [0.29, 0.717) is 19.0 Å². The van der Waals surface area contributed by atoms with Gasteiger partial charge in [-0.05, 0) is 47.9 Å². The van der Waals surface area contributed by atoms with Crippen LogP contribution in [0.3, 0.4) is 0 Å². The van der Waals surface area contributed by atoms with Crippen LogP contribution < -0.4 is 10.5 Å². The van der Waals surface area contributed by atoms with Crippen LogP contribution in [0.15, 0.2) is 16.7 Å². The van der Waals surface area contributed by atoms with Crippen LogP contribution in [0.5, 0.6) is 5.88 Å². The molecular formula is C12H18BrN3O. The Balaban J connectivity index is 1.85. The second-order valence-electron chi connectivity index (χ2n) is 4.22. The minimum Gasteiger partial charge on any atom is -0.476 e. The predicted molar refractivity (Wildman–Crippen MR) is 71.0 cm³/mol. The molecule has 0 atom stereocenters. The van der Waals surface area contributed by atoms with Crippen molar-refractivity contribution in [2.75, 3.05) is 26.2 Å². The monoisotopic (exact) mass is 299 g/mol. The molecule has 0 aliphatic carbocycles. The summed E-state index contributed by atoms with van der Waals surface area (Å²) in [7, 11) is 0. The van der Waals surface area contributed by atoms with Crippen molar-refractivity contribution in [2.24, 2.45) is 5.73 Å². The molecule has 0 amide bonds. The van der Waals surface area contributed by atoms with Crippen LogP contribution in [0.1, 0.15) is 18.4 Å². The topological polar surface area (TPSA) is 51.4 Å². The van der Waals surface area contributed by atoms with Crippen molar-refractivity contribution in [1.29, 1.82) is 0 Å². The van der Waals surface area contributed by atoms with Gasteiger partial charge in [0.1, 0.15) is 6.61 Å². The summed E-state index contributed by atoms with van der Waals surface area (Å²) >= 11 is 3.38. The van der Waals surface area contributed by atoms with E-state index in [0.717, 1.165) is 16.6 Å². The highest BCUT2D eigenvalue weighted by Gasteiger charge is 2.11. The molecule has 1 aliphatic heterocycles. The summed E-state index contributed by atoms with van der Waals surface area (Å²) in [4.78, 5) is 6.66. The highest BCUT2D eigenvalue weighted by molar-refractivity contribution is 9.10. The molecule has 0 bridgehead atoms. The van der Waals surface area contributed by atoms with Crippen molar-refractivity contribution in [2.45, 2.75) is 19.4 Å². The van der Waals surface area contributed by atoms with Gasteiger partial charge in [0, 0.05) is 29.3 Å². The average molecular weight is 300 g/mol. The van der Waals surface area contributed by atoms with Gasteiger partial charge in [0.25, 0.3) is 0 Å². The molecule has 1 fully saturated rings. The summed E-state index contributed by atoms with van der Waals surface area (Å²) in [6.07, 6.45) is 4.36. The number of ether oxygens (including phenoxy) is 1. The van der Waals surface area contributed by atoms with E-state index in [1.54, 1.807) is 6.20 Å². The average Bonchev–Trinajstić information content (AvgIpc) is 2.84. The van der Waals surface area contributed by atoms with Crippen LogP contribution in [-0.4, -0.2) is 36.1 Å². The first-order valence-electron chi connectivity index (χ1n) is 5.99. The van der Waals surface area contributed by atoms with E-state index >= 15 is 0 Å². The fourth-order valence-corrected chi connectivity index (χ4v) is 2.40. The summed E-state index contributed by atoms with van der Waals surface area (Å²) in [5.41, 5.74) is 6.61. The van der Waals surface area contributed by atoms with E-state index < -0.39 is 0 Å². The maximum atomic E-state index is 5.69. The molecule has 0 saturated carbocycles. The molecule has 4 nitrogen and oxygen atoms in total. The smallest absolute Gasteiger partial charge is 0.217 e. The number of halogens is 1. The van der Waals surface area contributed by atoms with E-state index in [-0.39, 0.29) is 0 Å². The largest absolute Gasteiger partial charge is 0.476 e. The van der Waals surface area contributed by atoms with Crippen LogP contribution in [0.4, 0.5) is 0 Å². The lowest BCUT2D eigenvalue weighted by molar-refractivity contribution is 0.230. The van der Waals surface area contributed by atoms with Gasteiger partial charge in [-0.2, -0.15) is 0 Å². The zero-order chi connectivity index (χ0) is 12.1. The first-order valence-corrected chi connectivity index (χ1v) is 6.78. The highest BCUT2D eigenvalue weighted by Crippen LogP contribution is 2.19. The van der Waals surface area contributed by atoms with Crippen LogP contribution in [0.25, 0.3) is 0 Å². The molecule has 2 N–H and O–H groups in total. The minimum absolute atomic E-state index is 0.450. The number of pyridine rings is 1. The fourth-order valence-electron chi connectivity index (χ4n) is 2.02. The van der Waals surface area contributed by atoms with Gasteiger partial charge in [-0.15, -0.1) is 0 Å². The van der Waals surface area contributed by atoms with Crippen molar-refractivity contribution < 1.29 is 4.74 Å². The molecule has 5 heteroatoms. The van der Waals surface area contributed by atoms with E-state index in [4.69, 9.17) is 10.5 Å². The molecule has 0 unspecified atom stereocenters. The van der Waals surface area contributed by atoms with Crippen molar-refractivity contribution >= 4 is 15.9 Å². The third-order valence-corrected chi connectivity index (χ3v) is 3.39. The fraction of sp³-hybridized carbons (Fsp3) is 0.583. The van der Waals surface area contributed by atoms with E-state index in [9.17, 15) is 0 Å². The Morgan fingerprint density at radius 1 is 1.41 bits per heavy atom. The molecule has 1 aromatic heterocycles. The Bertz CT molecular complexity index is 367. The van der Waals surface area contributed by atoms with E-state index in [1.807, 2.05) is 6.07 Å². The molecular weight excluding hydrogens is 282 g/mol. The van der Waals surface area contributed by atoms with Gasteiger partial charge in [-0.1, -0.05) is 0 Å². The third-order valence-electron chi connectivity index (χ3n) is 2.96. The van der Waals surface area contributed by atoms with Crippen LogP contribution in [0.2, 0.25) is 0 Å². The maximum absolute atomic E-state index is 5.69. The maximum Gasteiger partial charge on any atom is 0.217 e. The summed E-state index contributed by atoms with van der Waals surface area (Å²) in [5, 5.41) is 0. The van der Waals surface area contributed by atoms with Crippen molar-refractivity contribution in [3.05, 3.63) is 22.3 Å². The molecule has 2 heterocycles. The molecule has 0 aromatic carbocycles. The highest BCUT2D eigenvalue weighted by atomic mass is 79.9. The lowest BCUT2D eigenvalue weighted by Crippen LogP contribution is -2.25. The number of hydrogen-bond acceptors (Lipinski definition) is 4. The zero-order valence-electron chi connectivity index (χ0n) is 9.86. The molecule has 1 aliphatic rings. The lowest BCUT2D eigenvalue weighted by Gasteiger charge is -2.15. The second kappa shape index (κ2) is 6.33. The molecule has 94 valence electrons. The number of nitrogens with zero attached hydrogens (tertiary/aromatic N) is 2. The Hall–Kier alpha value is -0.650. The quantitative estimate of drug-likeness (QED) is 0.900. The second-order valence-corrected chi connectivity index (χ2v) is 5.13. The van der Waals surface area contributed by atoms with Crippen molar-refractivity contribution in [1.82, 2.24) is 9.88 Å². The first-order chi connectivity index (χ1) is 8.29. The normalized spacial score (nSPS) is 16.4. The van der Waals surface area contributed by atoms with Gasteiger partial charge in [-0.3, -0.25) is 4.90 Å². The van der Waals surface area contributed by atoms with Gasteiger partial charge in [0.05, 0.1) is 0 Å². The molecule has 1 saturated heterocycles. The van der Waals surface area contributed by atoms with E-state index in [2.05, 4.69) is 25.8 Å². The van der Waals surface area contributed by atoms with Crippen LogP contribution >= 0.6 is 15.9 Å². The van der Waals surface area contributed by atoms with Gasteiger partial charge >= 0.3 is 0 Å². The SMILES string of the molecule is NCc1cc(Br)cnc1OCCN1CCCC1. The van der Waals surface area contributed by atoms with Gasteiger partial charge < -0.3 is 10.5 Å². The Morgan fingerprint density at radius 2 is 2.18 bits per heavy atom. The Morgan fingerprint density at radius 3 is 2.88 bits per heavy atom. The standard InChI is InChI=1S/C12H18BrN3O/c13-11-7-10(8-14)12(15-9-11)17-6-5-16-3-1-2-4-16/h7,9H,1-6,8,14H2. The number of rotatable bonds is 5. The predicted octanol–water partition coefficient (Wildman–Crippen LogP) is 1.78. The Kier molecular flexibility index (Phi) is 4.76. The number of hydrogen-bond donors (Lipinski definition) is 1. The van der Waals surface area contributed by atoms with Crippen LogP contribution in [-0.2, 0) is 6.54 Å². The first kappa shape index (κ1) is 12.8. The van der Waals surface area contributed by atoms with Crippen molar-refractivity contribution in [3.8, 4) is 5.88 Å². The molecule has 0 radical (unpaired) electrons. The van der Waals surface area contributed by atoms with Crippen molar-refractivity contribution in [3.63, 3.8) is 0 Å². The lowest BCUT2D eigenvalue weighted by atomic mass is 10.3. The number of nitrogens with two attached hydrogens (primary N) is 1. The summed E-state index contributed by atoms with van der Waals surface area (Å²) in [6.45, 7) is 4.50. The molecule has 0 spiro atoms. The number of aromatic nitrogens is 1. The molecule has 2 rings (SSSR count). The van der Waals surface area contributed by atoms with Gasteiger partial charge in [-0.25, -0.2) is 4.98 Å². The zero-order valence-corrected chi connectivity index (χ0v) is 11.4. The summed E-state index contributed by atoms with van der Waals surface area (Å²) in [5.74, 6) is 0.662. The van der Waals surface area contributed by atoms with Gasteiger partial charge in [0.15, 0.2) is 0 Å². The summed E-state index contributed by atoms with van der Waals surface area (Å²) < 4.78 is 6.63. The van der Waals surface area contributed by atoms with Gasteiger partial charge in [0.2, 0.25) is 5.88 Å². The van der Waals surface area contributed by atoms with E-state index in [1.165, 1.54) is 25.9 Å². The minimum atomic E-state index is 0.450. The third kappa shape index (κ3) is 3.66. The Labute approximate surface area is 110 Å². The summed E-state index contributed by atoms with van der Waals surface area (Å²) in [6, 6.07) is 1.96. The number of likely N-dealkylation sites (tertiary alicyclic amines) is 1. The molecule has 1 aromatic rings. The van der Waals surface area contributed by atoms with Crippen LogP contribution in [0, 0.1) is 0 Å². The molecule has 17 heavy (non-hydrogen) atoms.